The van der Waals surface area contributed by atoms with Gasteiger partial charge in [-0.05, 0) is 25.7 Å². The first-order valence-corrected chi connectivity index (χ1v) is 6.41. The summed E-state index contributed by atoms with van der Waals surface area (Å²) in [6.45, 7) is 8.01. The van der Waals surface area contributed by atoms with Gasteiger partial charge in [-0.1, -0.05) is 33.6 Å². The first-order chi connectivity index (χ1) is 8.01. The summed E-state index contributed by atoms with van der Waals surface area (Å²) < 4.78 is 5.31. The Kier molecular flexibility index (Phi) is 8.46. The third kappa shape index (κ3) is 7.77. The van der Waals surface area contributed by atoms with Crippen LogP contribution in [-0.2, 0) is 14.3 Å². The molecule has 0 aromatic rings. The van der Waals surface area contributed by atoms with Crippen molar-refractivity contribution >= 4 is 12.4 Å². The highest BCUT2D eigenvalue weighted by Crippen LogP contribution is 2.10. The molecule has 0 rings (SSSR count). The van der Waals surface area contributed by atoms with Crippen LogP contribution in [0.2, 0.25) is 0 Å². The minimum atomic E-state index is -0.517. The van der Waals surface area contributed by atoms with Gasteiger partial charge >= 0.3 is 5.97 Å². The number of ether oxygens (including phenoxy) is 1. The van der Waals surface area contributed by atoms with E-state index in [2.05, 4.69) is 12.2 Å². The third-order valence-electron chi connectivity index (χ3n) is 2.54. The Bertz CT molecular complexity index is 229. The number of hydrogen-bond acceptors (Lipinski definition) is 3. The highest BCUT2D eigenvalue weighted by atomic mass is 16.5. The number of amides is 1. The van der Waals surface area contributed by atoms with Gasteiger partial charge in [0.15, 0.2) is 0 Å². The Morgan fingerprint density at radius 1 is 1.35 bits per heavy atom. The summed E-state index contributed by atoms with van der Waals surface area (Å²) >= 11 is 0. The predicted molar refractivity (Wildman–Crippen MR) is 67.5 cm³/mol. The first kappa shape index (κ1) is 15.9. The smallest absolute Gasteiger partial charge is 0.328 e. The number of rotatable bonds is 9. The second-order valence-electron chi connectivity index (χ2n) is 4.86. The van der Waals surface area contributed by atoms with E-state index in [1.54, 1.807) is 0 Å². The molecule has 2 atom stereocenters. The monoisotopic (exact) mass is 243 g/mol. The summed E-state index contributed by atoms with van der Waals surface area (Å²) in [5.74, 6) is 0.0142. The SMILES string of the molecule is CCCC[C@@H](C)OC(=O)[C@H](CC(C)C)NC=O. The van der Waals surface area contributed by atoms with Crippen molar-refractivity contribution in [2.75, 3.05) is 0 Å². The fourth-order valence-electron chi connectivity index (χ4n) is 1.62. The maximum atomic E-state index is 11.8. The molecule has 1 N–H and O–H groups in total. The molecule has 0 spiro atoms. The van der Waals surface area contributed by atoms with Gasteiger partial charge in [-0.15, -0.1) is 0 Å². The van der Waals surface area contributed by atoms with Gasteiger partial charge in [-0.2, -0.15) is 0 Å². The van der Waals surface area contributed by atoms with Gasteiger partial charge in [0.2, 0.25) is 6.41 Å². The Morgan fingerprint density at radius 3 is 2.47 bits per heavy atom. The standard InChI is InChI=1S/C13H25NO3/c1-5-6-7-11(4)17-13(16)12(14-9-15)8-10(2)3/h9-12H,5-8H2,1-4H3,(H,14,15)/t11-,12+/m1/s1. The molecule has 100 valence electrons. The van der Waals surface area contributed by atoms with Crippen molar-refractivity contribution < 1.29 is 14.3 Å². The Morgan fingerprint density at radius 2 is 2.00 bits per heavy atom. The number of esters is 1. The number of carbonyl (C=O) groups is 2. The van der Waals surface area contributed by atoms with Crippen LogP contribution in [0.15, 0.2) is 0 Å². The van der Waals surface area contributed by atoms with Crippen LogP contribution < -0.4 is 5.32 Å². The van der Waals surface area contributed by atoms with Crippen LogP contribution in [0.3, 0.4) is 0 Å². The topological polar surface area (TPSA) is 55.4 Å². The van der Waals surface area contributed by atoms with Crippen molar-refractivity contribution in [2.45, 2.75) is 65.5 Å². The molecule has 0 saturated carbocycles. The van der Waals surface area contributed by atoms with E-state index in [1.807, 2.05) is 20.8 Å². The van der Waals surface area contributed by atoms with Crippen molar-refractivity contribution in [3.63, 3.8) is 0 Å². The van der Waals surface area contributed by atoms with E-state index < -0.39 is 6.04 Å². The molecule has 0 saturated heterocycles. The van der Waals surface area contributed by atoms with E-state index >= 15 is 0 Å². The largest absolute Gasteiger partial charge is 0.461 e. The molecule has 17 heavy (non-hydrogen) atoms. The first-order valence-electron chi connectivity index (χ1n) is 6.41. The zero-order valence-electron chi connectivity index (χ0n) is 11.4. The van der Waals surface area contributed by atoms with E-state index in [0.717, 1.165) is 19.3 Å². The Hall–Kier alpha value is -1.06. The average Bonchev–Trinajstić information content (AvgIpc) is 2.25. The molecular formula is C13H25NO3. The van der Waals surface area contributed by atoms with Crippen LogP contribution in [0.25, 0.3) is 0 Å². The van der Waals surface area contributed by atoms with Crippen LogP contribution in [-0.4, -0.2) is 24.5 Å². The summed E-state index contributed by atoms with van der Waals surface area (Å²) in [7, 11) is 0. The molecule has 0 fully saturated rings. The highest BCUT2D eigenvalue weighted by molar-refractivity contribution is 5.78. The summed E-state index contributed by atoms with van der Waals surface area (Å²) in [6, 6.07) is -0.517. The van der Waals surface area contributed by atoms with Gasteiger partial charge in [0.25, 0.3) is 0 Å². The summed E-state index contributed by atoms with van der Waals surface area (Å²) in [5.41, 5.74) is 0. The van der Waals surface area contributed by atoms with E-state index in [4.69, 9.17) is 4.74 Å². The van der Waals surface area contributed by atoms with Crippen molar-refractivity contribution in [2.24, 2.45) is 5.92 Å². The molecular weight excluding hydrogens is 218 g/mol. The minimum absolute atomic E-state index is 0.0782. The number of nitrogens with one attached hydrogen (secondary N) is 1. The van der Waals surface area contributed by atoms with Crippen LogP contribution >= 0.6 is 0 Å². The molecule has 0 unspecified atom stereocenters. The summed E-state index contributed by atoms with van der Waals surface area (Å²) in [5, 5.41) is 2.52. The number of unbranched alkanes of at least 4 members (excludes halogenated alkanes) is 1. The van der Waals surface area contributed by atoms with Crippen molar-refractivity contribution in [3.05, 3.63) is 0 Å². The van der Waals surface area contributed by atoms with Crippen LogP contribution in [0, 0.1) is 5.92 Å². The van der Waals surface area contributed by atoms with Crippen LogP contribution in [0.4, 0.5) is 0 Å². The van der Waals surface area contributed by atoms with Gasteiger partial charge in [0, 0.05) is 0 Å². The second kappa shape index (κ2) is 9.02. The molecule has 0 aromatic heterocycles. The zero-order chi connectivity index (χ0) is 13.3. The Balaban J connectivity index is 4.16. The van der Waals surface area contributed by atoms with E-state index in [1.165, 1.54) is 0 Å². The van der Waals surface area contributed by atoms with Crippen LogP contribution in [0.5, 0.6) is 0 Å². The molecule has 0 aromatic carbocycles. The van der Waals surface area contributed by atoms with Gasteiger partial charge in [0.05, 0.1) is 6.10 Å². The van der Waals surface area contributed by atoms with Crippen LogP contribution in [0.1, 0.15) is 53.4 Å². The molecule has 0 radical (unpaired) electrons. The maximum Gasteiger partial charge on any atom is 0.328 e. The molecule has 4 heteroatoms. The predicted octanol–water partition coefficient (Wildman–Crippen LogP) is 2.27. The summed E-state index contributed by atoms with van der Waals surface area (Å²) in [6.07, 6.45) is 4.10. The van der Waals surface area contributed by atoms with Gasteiger partial charge in [0.1, 0.15) is 6.04 Å². The minimum Gasteiger partial charge on any atom is -0.461 e. The van der Waals surface area contributed by atoms with Gasteiger partial charge < -0.3 is 10.1 Å². The fourth-order valence-corrected chi connectivity index (χ4v) is 1.62. The molecule has 0 aliphatic heterocycles. The lowest BCUT2D eigenvalue weighted by Crippen LogP contribution is -2.39. The van der Waals surface area contributed by atoms with E-state index in [-0.39, 0.29) is 12.1 Å². The lowest BCUT2D eigenvalue weighted by Gasteiger charge is -2.20. The Labute approximate surface area is 104 Å². The third-order valence-corrected chi connectivity index (χ3v) is 2.54. The van der Waals surface area contributed by atoms with Gasteiger partial charge in [-0.25, -0.2) is 4.79 Å². The van der Waals surface area contributed by atoms with E-state index in [0.29, 0.717) is 18.7 Å². The lowest BCUT2D eigenvalue weighted by atomic mass is 10.0. The van der Waals surface area contributed by atoms with Crippen molar-refractivity contribution in [1.82, 2.24) is 5.32 Å². The molecule has 0 heterocycles. The quantitative estimate of drug-likeness (QED) is 0.499. The van der Waals surface area contributed by atoms with E-state index in [9.17, 15) is 9.59 Å². The number of hydrogen-bond donors (Lipinski definition) is 1. The summed E-state index contributed by atoms with van der Waals surface area (Å²) in [4.78, 5) is 22.2. The fraction of sp³-hybridized carbons (Fsp3) is 0.846. The highest BCUT2D eigenvalue weighted by Gasteiger charge is 2.22. The lowest BCUT2D eigenvalue weighted by molar-refractivity contribution is -0.152. The average molecular weight is 243 g/mol. The molecule has 4 nitrogen and oxygen atoms in total. The molecule has 1 amide bonds. The number of carbonyl (C=O) groups excluding carboxylic acids is 2. The van der Waals surface area contributed by atoms with Gasteiger partial charge in [-0.3, -0.25) is 4.79 Å². The zero-order valence-corrected chi connectivity index (χ0v) is 11.4. The normalized spacial score (nSPS) is 14.2. The van der Waals surface area contributed by atoms with Crippen molar-refractivity contribution in [3.8, 4) is 0 Å². The molecule has 0 aliphatic carbocycles. The second-order valence-corrected chi connectivity index (χ2v) is 4.86. The molecule has 0 aliphatic rings. The molecule has 0 bridgehead atoms. The maximum absolute atomic E-state index is 11.8. The van der Waals surface area contributed by atoms with Crippen molar-refractivity contribution in [1.29, 1.82) is 0 Å².